The quantitative estimate of drug-likeness (QED) is 0.789. The first-order valence-corrected chi connectivity index (χ1v) is 10.1. The predicted molar refractivity (Wildman–Crippen MR) is 95.7 cm³/mol. The maximum atomic E-state index is 12.8. The number of nitrogens with zero attached hydrogens (tertiary/aromatic N) is 1. The van der Waals surface area contributed by atoms with E-state index in [0.29, 0.717) is 49.4 Å². The molecule has 1 fully saturated rings. The van der Waals surface area contributed by atoms with Crippen LogP contribution in [0, 0.1) is 0 Å². The lowest BCUT2D eigenvalue weighted by molar-refractivity contribution is 0.0707. The lowest BCUT2D eigenvalue weighted by atomic mass is 10.0. The first-order chi connectivity index (χ1) is 11.9. The van der Waals surface area contributed by atoms with Crippen molar-refractivity contribution in [2.75, 3.05) is 33.1 Å². The molecule has 2 rings (SSSR count). The number of likely N-dealkylation sites (tertiary alicyclic amines) is 1. The van der Waals surface area contributed by atoms with E-state index in [1.54, 1.807) is 30.2 Å². The summed E-state index contributed by atoms with van der Waals surface area (Å²) in [7, 11) is -0.164. The number of sulfonamides is 1. The summed E-state index contributed by atoms with van der Waals surface area (Å²) < 4.78 is 36.9. The van der Waals surface area contributed by atoms with E-state index >= 15 is 0 Å². The van der Waals surface area contributed by atoms with Crippen molar-refractivity contribution in [2.45, 2.75) is 32.2 Å². The van der Waals surface area contributed by atoms with Crippen molar-refractivity contribution in [3.8, 4) is 11.5 Å². The molecular weight excluding hydrogens is 344 g/mol. The lowest BCUT2D eigenvalue weighted by Gasteiger charge is -2.32. The SMILES string of the molecule is CCCS(=O)(=O)NC1CCN(C(=O)c2cc(OC)ccc2OC)CC1. The average Bonchev–Trinajstić information content (AvgIpc) is 2.60. The molecule has 0 radical (unpaired) electrons. The summed E-state index contributed by atoms with van der Waals surface area (Å²) in [4.78, 5) is 14.5. The monoisotopic (exact) mass is 370 g/mol. The highest BCUT2D eigenvalue weighted by Gasteiger charge is 2.27. The minimum absolute atomic E-state index is 0.118. The molecule has 1 N–H and O–H groups in total. The summed E-state index contributed by atoms with van der Waals surface area (Å²) in [5.41, 5.74) is 0.451. The second kappa shape index (κ2) is 8.53. The van der Waals surface area contributed by atoms with Crippen LogP contribution in [0.1, 0.15) is 36.5 Å². The summed E-state index contributed by atoms with van der Waals surface area (Å²) in [5, 5.41) is 0. The van der Waals surface area contributed by atoms with Crippen molar-refractivity contribution in [2.24, 2.45) is 0 Å². The van der Waals surface area contributed by atoms with Crippen LogP contribution < -0.4 is 14.2 Å². The van der Waals surface area contributed by atoms with Crippen LogP contribution in [0.25, 0.3) is 0 Å². The Hall–Kier alpha value is -1.80. The van der Waals surface area contributed by atoms with Crippen LogP contribution in [0.15, 0.2) is 18.2 Å². The van der Waals surface area contributed by atoms with Crippen molar-refractivity contribution in [3.05, 3.63) is 23.8 Å². The number of hydrogen-bond acceptors (Lipinski definition) is 5. The van der Waals surface area contributed by atoms with Gasteiger partial charge in [0.15, 0.2) is 0 Å². The molecular formula is C17H26N2O5S. The molecule has 25 heavy (non-hydrogen) atoms. The topological polar surface area (TPSA) is 84.9 Å². The van der Waals surface area contributed by atoms with Crippen LogP contribution in [0.3, 0.4) is 0 Å². The van der Waals surface area contributed by atoms with Crippen molar-refractivity contribution in [3.63, 3.8) is 0 Å². The zero-order valence-electron chi connectivity index (χ0n) is 14.9. The highest BCUT2D eigenvalue weighted by Crippen LogP contribution is 2.26. The fraction of sp³-hybridized carbons (Fsp3) is 0.588. The number of methoxy groups -OCH3 is 2. The van der Waals surface area contributed by atoms with Gasteiger partial charge in [0.25, 0.3) is 5.91 Å². The van der Waals surface area contributed by atoms with Gasteiger partial charge in [-0.3, -0.25) is 4.79 Å². The van der Waals surface area contributed by atoms with Gasteiger partial charge in [-0.25, -0.2) is 13.1 Å². The van der Waals surface area contributed by atoms with Crippen LogP contribution in [-0.4, -0.2) is 58.3 Å². The van der Waals surface area contributed by atoms with Crippen LogP contribution in [0.2, 0.25) is 0 Å². The van der Waals surface area contributed by atoms with Gasteiger partial charge in [-0.15, -0.1) is 0 Å². The summed E-state index contributed by atoms with van der Waals surface area (Å²) in [5.74, 6) is 1.08. The van der Waals surface area contributed by atoms with Gasteiger partial charge in [-0.05, 0) is 37.5 Å². The third-order valence-electron chi connectivity index (χ3n) is 4.24. The third kappa shape index (κ3) is 5.09. The van der Waals surface area contributed by atoms with E-state index in [2.05, 4.69) is 4.72 Å². The van der Waals surface area contributed by atoms with Crippen molar-refractivity contribution in [1.29, 1.82) is 0 Å². The Balaban J connectivity index is 2.02. The minimum atomic E-state index is -3.23. The maximum absolute atomic E-state index is 12.8. The Labute approximate surface area is 149 Å². The van der Waals surface area contributed by atoms with E-state index in [1.165, 1.54) is 7.11 Å². The Morgan fingerprint density at radius 2 is 1.92 bits per heavy atom. The predicted octanol–water partition coefficient (Wildman–Crippen LogP) is 1.64. The number of benzene rings is 1. The first-order valence-electron chi connectivity index (χ1n) is 8.41. The molecule has 1 aliphatic rings. The number of carbonyl (C=O) groups is 1. The van der Waals surface area contributed by atoms with Gasteiger partial charge in [-0.1, -0.05) is 6.92 Å². The molecule has 1 heterocycles. The minimum Gasteiger partial charge on any atom is -0.497 e. The number of ether oxygens (including phenoxy) is 2. The number of piperidine rings is 1. The molecule has 0 spiro atoms. The highest BCUT2D eigenvalue weighted by molar-refractivity contribution is 7.89. The van der Waals surface area contributed by atoms with Gasteiger partial charge < -0.3 is 14.4 Å². The van der Waals surface area contributed by atoms with E-state index < -0.39 is 10.0 Å². The Morgan fingerprint density at radius 3 is 2.48 bits per heavy atom. The largest absolute Gasteiger partial charge is 0.497 e. The summed E-state index contributed by atoms with van der Waals surface area (Å²) in [6, 6.07) is 4.99. The highest BCUT2D eigenvalue weighted by atomic mass is 32.2. The van der Waals surface area contributed by atoms with Crippen LogP contribution in [0.5, 0.6) is 11.5 Å². The number of rotatable bonds is 7. The normalized spacial score (nSPS) is 15.9. The zero-order valence-corrected chi connectivity index (χ0v) is 15.8. The van der Waals surface area contributed by atoms with E-state index in [0.717, 1.165) is 0 Å². The zero-order chi connectivity index (χ0) is 18.4. The van der Waals surface area contributed by atoms with Gasteiger partial charge in [0.2, 0.25) is 10.0 Å². The smallest absolute Gasteiger partial charge is 0.257 e. The number of amides is 1. The molecule has 1 aromatic carbocycles. The van der Waals surface area contributed by atoms with E-state index in [9.17, 15) is 13.2 Å². The van der Waals surface area contributed by atoms with Crippen molar-refractivity contribution < 1.29 is 22.7 Å². The number of nitrogens with one attached hydrogen (secondary N) is 1. The van der Waals surface area contributed by atoms with Crippen LogP contribution in [0.4, 0.5) is 0 Å². The van der Waals surface area contributed by atoms with E-state index in [4.69, 9.17) is 9.47 Å². The van der Waals surface area contributed by atoms with Crippen molar-refractivity contribution in [1.82, 2.24) is 9.62 Å². The summed E-state index contributed by atoms with van der Waals surface area (Å²) >= 11 is 0. The second-order valence-electron chi connectivity index (χ2n) is 6.07. The summed E-state index contributed by atoms with van der Waals surface area (Å²) in [6.07, 6.45) is 1.78. The van der Waals surface area contributed by atoms with Crippen LogP contribution in [-0.2, 0) is 10.0 Å². The molecule has 7 nitrogen and oxygen atoms in total. The third-order valence-corrected chi connectivity index (χ3v) is 5.88. The van der Waals surface area contributed by atoms with Gasteiger partial charge in [-0.2, -0.15) is 0 Å². The average molecular weight is 370 g/mol. The maximum Gasteiger partial charge on any atom is 0.257 e. The van der Waals surface area contributed by atoms with E-state index in [1.807, 2.05) is 6.92 Å². The Bertz CT molecular complexity index is 697. The molecule has 0 aromatic heterocycles. The first kappa shape index (κ1) is 19.5. The molecule has 1 aromatic rings. The van der Waals surface area contributed by atoms with E-state index in [-0.39, 0.29) is 17.7 Å². The molecule has 1 aliphatic heterocycles. The molecule has 8 heteroatoms. The second-order valence-corrected chi connectivity index (χ2v) is 7.94. The standard InChI is InChI=1S/C17H26N2O5S/c1-4-11-25(21,22)18-13-7-9-19(10-8-13)17(20)15-12-14(23-2)5-6-16(15)24-3/h5-6,12-13,18H,4,7-11H2,1-3H3. The van der Waals surface area contributed by atoms with Gasteiger partial charge in [0, 0.05) is 19.1 Å². The Morgan fingerprint density at radius 1 is 1.24 bits per heavy atom. The number of carbonyl (C=O) groups excluding carboxylic acids is 1. The summed E-state index contributed by atoms with van der Waals surface area (Å²) in [6.45, 7) is 2.83. The lowest BCUT2D eigenvalue weighted by Crippen LogP contribution is -2.47. The van der Waals surface area contributed by atoms with Crippen molar-refractivity contribution >= 4 is 15.9 Å². The van der Waals surface area contributed by atoms with Crippen LogP contribution >= 0.6 is 0 Å². The molecule has 0 bridgehead atoms. The molecule has 0 unspecified atom stereocenters. The number of hydrogen-bond donors (Lipinski definition) is 1. The molecule has 140 valence electrons. The molecule has 1 saturated heterocycles. The Kier molecular flexibility index (Phi) is 6.66. The van der Waals surface area contributed by atoms with Gasteiger partial charge >= 0.3 is 0 Å². The fourth-order valence-corrected chi connectivity index (χ4v) is 4.33. The van der Waals surface area contributed by atoms with Gasteiger partial charge in [0.1, 0.15) is 11.5 Å². The fourth-order valence-electron chi connectivity index (χ4n) is 2.93. The molecule has 0 atom stereocenters. The molecule has 0 saturated carbocycles. The molecule has 0 aliphatic carbocycles. The molecule has 1 amide bonds. The van der Waals surface area contributed by atoms with Gasteiger partial charge in [0.05, 0.1) is 25.5 Å².